The van der Waals surface area contributed by atoms with E-state index in [0.717, 1.165) is 0 Å². The highest BCUT2D eigenvalue weighted by atomic mass is 16.8. The molecule has 0 aromatic heterocycles. The fourth-order valence-electron chi connectivity index (χ4n) is 3.59. The van der Waals surface area contributed by atoms with E-state index in [0.29, 0.717) is 11.5 Å². The molecular formula is C19H26O10. The molecule has 4 heterocycles. The fraction of sp³-hybridized carbons (Fsp3) is 0.789. The van der Waals surface area contributed by atoms with Crippen LogP contribution in [0.2, 0.25) is 0 Å². The molecule has 0 bridgehead atoms. The predicted molar refractivity (Wildman–Crippen MR) is 93.0 cm³/mol. The fourth-order valence-corrected chi connectivity index (χ4v) is 3.59. The van der Waals surface area contributed by atoms with E-state index in [1.165, 1.54) is 0 Å². The van der Waals surface area contributed by atoms with Gasteiger partial charge in [-0.15, -0.1) is 0 Å². The minimum Gasteiger partial charge on any atom is -0.462 e. The van der Waals surface area contributed by atoms with Crippen molar-refractivity contribution in [2.24, 2.45) is 5.41 Å². The molecule has 0 amide bonds. The highest BCUT2D eigenvalue weighted by molar-refractivity contribution is 5.78. The first-order valence-corrected chi connectivity index (χ1v) is 9.45. The third-order valence-electron chi connectivity index (χ3n) is 5.13. The van der Waals surface area contributed by atoms with Gasteiger partial charge in [0.25, 0.3) is 0 Å². The monoisotopic (exact) mass is 414 g/mol. The molecule has 3 atom stereocenters. The Kier molecular flexibility index (Phi) is 4.35. The molecule has 162 valence electrons. The van der Waals surface area contributed by atoms with E-state index < -0.39 is 47.1 Å². The largest absolute Gasteiger partial charge is 0.508 e. The first-order valence-electron chi connectivity index (χ1n) is 9.45. The third-order valence-corrected chi connectivity index (χ3v) is 5.13. The van der Waals surface area contributed by atoms with Gasteiger partial charge < -0.3 is 37.9 Å². The van der Waals surface area contributed by atoms with Crippen LogP contribution in [0.4, 0.5) is 4.79 Å². The number of carbonyl (C=O) groups is 2. The van der Waals surface area contributed by atoms with Crippen molar-refractivity contribution in [2.75, 3.05) is 19.8 Å². The minimum absolute atomic E-state index is 0.124. The van der Waals surface area contributed by atoms with Crippen LogP contribution >= 0.6 is 0 Å². The molecule has 4 rings (SSSR count). The average molecular weight is 414 g/mol. The molecule has 10 heteroatoms. The predicted octanol–water partition coefficient (Wildman–Crippen LogP) is 1.96. The average Bonchev–Trinajstić information content (AvgIpc) is 3.10. The maximum atomic E-state index is 12.7. The molecule has 0 aliphatic carbocycles. The van der Waals surface area contributed by atoms with Crippen LogP contribution in [0.5, 0.6) is 0 Å². The van der Waals surface area contributed by atoms with Gasteiger partial charge in [-0.1, -0.05) is 0 Å². The highest BCUT2D eigenvalue weighted by Crippen LogP contribution is 2.49. The molecule has 0 N–H and O–H groups in total. The van der Waals surface area contributed by atoms with E-state index in [-0.39, 0.29) is 19.8 Å². The zero-order valence-corrected chi connectivity index (χ0v) is 17.4. The summed E-state index contributed by atoms with van der Waals surface area (Å²) in [6, 6.07) is 0. The van der Waals surface area contributed by atoms with Crippen molar-refractivity contribution in [3.63, 3.8) is 0 Å². The van der Waals surface area contributed by atoms with Gasteiger partial charge in [-0.2, -0.15) is 0 Å². The standard InChI is InChI=1S/C19H26O10/c1-16(2)25-10-11-13(28-17(3,4)26-11)29-19(6,12(10)27-16)9-22-14(20)18(5)7-23-15(21)24-8-18/h12-13H,7-9H2,1-6H3. The second-order valence-corrected chi connectivity index (χ2v) is 9.07. The highest BCUT2D eigenvalue weighted by Gasteiger charge is 2.60. The second kappa shape index (κ2) is 6.23. The Labute approximate surface area is 168 Å². The Morgan fingerprint density at radius 3 is 2.17 bits per heavy atom. The van der Waals surface area contributed by atoms with Crippen LogP contribution in [0.1, 0.15) is 41.5 Å². The molecule has 0 aromatic rings. The van der Waals surface area contributed by atoms with Crippen molar-refractivity contribution in [2.45, 2.75) is 71.1 Å². The summed E-state index contributed by atoms with van der Waals surface area (Å²) >= 11 is 0. The van der Waals surface area contributed by atoms with E-state index in [1.54, 1.807) is 41.5 Å². The Balaban J connectivity index is 1.53. The van der Waals surface area contributed by atoms with Crippen LogP contribution in [0.25, 0.3) is 0 Å². The lowest BCUT2D eigenvalue weighted by atomic mass is 9.92. The van der Waals surface area contributed by atoms with Crippen LogP contribution in [0, 0.1) is 5.41 Å². The lowest BCUT2D eigenvalue weighted by molar-refractivity contribution is -0.263. The summed E-state index contributed by atoms with van der Waals surface area (Å²) in [6.07, 6.45) is -2.28. The molecular weight excluding hydrogens is 388 g/mol. The minimum atomic E-state index is -1.11. The molecule has 3 unspecified atom stereocenters. The number of esters is 1. The summed E-state index contributed by atoms with van der Waals surface area (Å²) in [5, 5.41) is 0. The maximum Gasteiger partial charge on any atom is 0.508 e. The lowest BCUT2D eigenvalue weighted by Crippen LogP contribution is -2.54. The van der Waals surface area contributed by atoms with Gasteiger partial charge in [-0.3, -0.25) is 4.79 Å². The van der Waals surface area contributed by atoms with E-state index in [4.69, 9.17) is 37.9 Å². The summed E-state index contributed by atoms with van der Waals surface area (Å²) in [5.74, 6) is -1.49. The molecule has 29 heavy (non-hydrogen) atoms. The number of fused-ring (bicyclic) bond motifs is 2. The second-order valence-electron chi connectivity index (χ2n) is 9.07. The van der Waals surface area contributed by atoms with Crippen molar-refractivity contribution >= 4 is 12.1 Å². The van der Waals surface area contributed by atoms with Crippen LogP contribution in [-0.2, 0) is 42.7 Å². The number of carbonyl (C=O) groups excluding carboxylic acids is 2. The van der Waals surface area contributed by atoms with E-state index in [9.17, 15) is 9.59 Å². The van der Waals surface area contributed by atoms with Crippen molar-refractivity contribution in [1.82, 2.24) is 0 Å². The van der Waals surface area contributed by atoms with Crippen LogP contribution < -0.4 is 0 Å². The Hall–Kier alpha value is -2.04. The molecule has 0 radical (unpaired) electrons. The summed E-state index contributed by atoms with van der Waals surface area (Å²) in [6.45, 7) is 10.0. The smallest absolute Gasteiger partial charge is 0.462 e. The Morgan fingerprint density at radius 2 is 1.52 bits per heavy atom. The molecule has 3 saturated heterocycles. The van der Waals surface area contributed by atoms with Gasteiger partial charge in [0.15, 0.2) is 17.6 Å². The zero-order chi connectivity index (χ0) is 21.2. The third kappa shape index (κ3) is 3.53. The first kappa shape index (κ1) is 20.2. The summed E-state index contributed by atoms with van der Waals surface area (Å²) < 4.78 is 45.0. The van der Waals surface area contributed by atoms with Crippen LogP contribution in [0.15, 0.2) is 11.5 Å². The lowest BCUT2D eigenvalue weighted by Gasteiger charge is -2.39. The van der Waals surface area contributed by atoms with E-state index in [1.807, 2.05) is 0 Å². The quantitative estimate of drug-likeness (QED) is 0.636. The number of hydrogen-bond donors (Lipinski definition) is 0. The maximum absolute atomic E-state index is 12.7. The van der Waals surface area contributed by atoms with Gasteiger partial charge >= 0.3 is 12.1 Å². The van der Waals surface area contributed by atoms with Crippen molar-refractivity contribution in [3.05, 3.63) is 11.5 Å². The summed E-state index contributed by atoms with van der Waals surface area (Å²) in [4.78, 5) is 23.8. The Bertz CT molecular complexity index is 759. The van der Waals surface area contributed by atoms with Gasteiger partial charge in [0.05, 0.1) is 0 Å². The van der Waals surface area contributed by atoms with Gasteiger partial charge in [-0.05, 0) is 13.8 Å². The molecule has 10 nitrogen and oxygen atoms in total. The molecule has 0 spiro atoms. The SMILES string of the molecule is CC1(C)OC2=C3OC(C)(C)OC3C(C)(COC(=O)C3(C)COC(=O)OC3)OC2O1. The summed E-state index contributed by atoms with van der Waals surface area (Å²) in [7, 11) is 0. The van der Waals surface area contributed by atoms with Crippen molar-refractivity contribution in [3.8, 4) is 0 Å². The van der Waals surface area contributed by atoms with Crippen molar-refractivity contribution < 1.29 is 47.5 Å². The van der Waals surface area contributed by atoms with Gasteiger partial charge in [0.1, 0.15) is 30.8 Å². The number of ether oxygens (including phenoxy) is 8. The molecule has 0 aromatic carbocycles. The first-order chi connectivity index (χ1) is 13.3. The molecule has 3 fully saturated rings. The van der Waals surface area contributed by atoms with E-state index in [2.05, 4.69) is 0 Å². The molecule has 4 aliphatic heterocycles. The Morgan fingerprint density at radius 1 is 0.931 bits per heavy atom. The van der Waals surface area contributed by atoms with Crippen LogP contribution in [0.3, 0.4) is 0 Å². The molecule has 0 saturated carbocycles. The zero-order valence-electron chi connectivity index (χ0n) is 17.4. The van der Waals surface area contributed by atoms with Gasteiger partial charge in [0, 0.05) is 27.7 Å². The normalized spacial score (nSPS) is 36.1. The van der Waals surface area contributed by atoms with Gasteiger partial charge in [-0.25, -0.2) is 4.79 Å². The van der Waals surface area contributed by atoms with Gasteiger partial charge in [0.2, 0.25) is 17.9 Å². The number of hydrogen-bond acceptors (Lipinski definition) is 10. The van der Waals surface area contributed by atoms with E-state index >= 15 is 0 Å². The van der Waals surface area contributed by atoms with Crippen LogP contribution in [-0.4, -0.2) is 61.5 Å². The number of cyclic esters (lactones) is 2. The topological polar surface area (TPSA) is 108 Å². The van der Waals surface area contributed by atoms with Crippen molar-refractivity contribution in [1.29, 1.82) is 0 Å². The molecule has 4 aliphatic rings. The summed E-state index contributed by atoms with van der Waals surface area (Å²) in [5.41, 5.74) is -2.21. The number of rotatable bonds is 3.